The van der Waals surface area contributed by atoms with E-state index in [-0.39, 0.29) is 48.1 Å². The molecule has 0 atom stereocenters. The van der Waals surface area contributed by atoms with E-state index in [1.807, 2.05) is 0 Å². The molecule has 0 radical (unpaired) electrons. The average molecular weight is 545 g/mol. The van der Waals surface area contributed by atoms with Gasteiger partial charge in [0.15, 0.2) is 5.96 Å². The van der Waals surface area contributed by atoms with Crippen molar-refractivity contribution in [3.8, 4) is 11.1 Å². The number of rotatable bonds is 12. The van der Waals surface area contributed by atoms with Gasteiger partial charge in [0, 0.05) is 31.4 Å². The van der Waals surface area contributed by atoms with Gasteiger partial charge in [-0.1, -0.05) is 12.1 Å². The summed E-state index contributed by atoms with van der Waals surface area (Å²) in [5, 5.41) is 8.05. The molecule has 1 aromatic heterocycles. The molecule has 39 heavy (non-hydrogen) atoms. The number of aromatic amines is 1. The van der Waals surface area contributed by atoms with Gasteiger partial charge in [0.2, 0.25) is 5.95 Å². The highest BCUT2D eigenvalue weighted by molar-refractivity contribution is 5.87. The Bertz CT molecular complexity index is 1390. The Morgan fingerprint density at radius 2 is 1.79 bits per heavy atom. The molecular weight excluding hydrogens is 513 g/mol. The van der Waals surface area contributed by atoms with Crippen molar-refractivity contribution in [1.29, 1.82) is 0 Å². The van der Waals surface area contributed by atoms with Crippen molar-refractivity contribution < 1.29 is 18.0 Å². The molecule has 208 valence electrons. The highest BCUT2D eigenvalue weighted by Crippen LogP contribution is 2.19. The number of hydrogen-bond acceptors (Lipinski definition) is 5. The predicted octanol–water partition coefficient (Wildman–Crippen LogP) is 2.67. The van der Waals surface area contributed by atoms with Crippen molar-refractivity contribution in [2.45, 2.75) is 32.7 Å². The lowest BCUT2D eigenvalue weighted by molar-refractivity contribution is 0.252. The number of hydrogen-bond donors (Lipinski definition) is 6. The number of urea groups is 1. The first kappa shape index (κ1) is 29.2. The van der Waals surface area contributed by atoms with E-state index in [9.17, 15) is 22.8 Å². The van der Waals surface area contributed by atoms with Gasteiger partial charge in [-0.15, -0.1) is 0 Å². The molecule has 0 saturated heterocycles. The first-order valence-electron chi connectivity index (χ1n) is 12.3. The molecule has 2 amide bonds. The summed E-state index contributed by atoms with van der Waals surface area (Å²) in [5.74, 6) is -1.55. The number of halogens is 3. The fraction of sp³-hybridized carbons (Fsp3) is 0.308. The lowest BCUT2D eigenvalue weighted by atomic mass is 10.1. The smallest absolute Gasteiger partial charge is 0.321 e. The number of aryl methyl sites for hydroxylation is 2. The first-order valence-corrected chi connectivity index (χ1v) is 12.3. The van der Waals surface area contributed by atoms with Crippen LogP contribution in [0.15, 0.2) is 46.3 Å². The maximum absolute atomic E-state index is 14.6. The maximum Gasteiger partial charge on any atom is 0.321 e. The summed E-state index contributed by atoms with van der Waals surface area (Å²) >= 11 is 0. The van der Waals surface area contributed by atoms with Gasteiger partial charge in [0.05, 0.1) is 5.56 Å². The number of benzene rings is 2. The van der Waals surface area contributed by atoms with Gasteiger partial charge in [-0.3, -0.25) is 20.1 Å². The highest BCUT2D eigenvalue weighted by atomic mass is 19.1. The van der Waals surface area contributed by atoms with Crippen LogP contribution in [0.5, 0.6) is 0 Å². The summed E-state index contributed by atoms with van der Waals surface area (Å²) in [5.41, 5.74) is 11.3. The number of aromatic nitrogens is 2. The molecule has 10 nitrogen and oxygen atoms in total. The van der Waals surface area contributed by atoms with E-state index in [1.54, 1.807) is 12.1 Å². The van der Waals surface area contributed by atoms with Crippen LogP contribution in [0.1, 0.15) is 29.5 Å². The van der Waals surface area contributed by atoms with Crippen molar-refractivity contribution in [3.63, 3.8) is 0 Å². The van der Waals surface area contributed by atoms with E-state index in [1.165, 1.54) is 19.2 Å². The van der Waals surface area contributed by atoms with Crippen LogP contribution >= 0.6 is 0 Å². The van der Waals surface area contributed by atoms with E-state index in [0.717, 1.165) is 12.1 Å². The Balaban J connectivity index is 1.48. The second-order valence-electron chi connectivity index (χ2n) is 8.79. The van der Waals surface area contributed by atoms with Crippen molar-refractivity contribution in [3.05, 3.63) is 81.0 Å². The van der Waals surface area contributed by atoms with E-state index in [0.29, 0.717) is 37.1 Å². The largest absolute Gasteiger partial charge is 0.370 e. The minimum atomic E-state index is -0.636. The zero-order valence-corrected chi connectivity index (χ0v) is 21.4. The normalized spacial score (nSPS) is 10.8. The van der Waals surface area contributed by atoms with Crippen LogP contribution in [0.3, 0.4) is 0 Å². The quantitative estimate of drug-likeness (QED) is 0.117. The molecule has 3 rings (SSSR count). The summed E-state index contributed by atoms with van der Waals surface area (Å²) in [6, 6.07) is 6.07. The zero-order chi connectivity index (χ0) is 28.4. The zero-order valence-electron chi connectivity index (χ0n) is 21.4. The Morgan fingerprint density at radius 3 is 2.51 bits per heavy atom. The van der Waals surface area contributed by atoms with Gasteiger partial charge < -0.3 is 22.1 Å². The van der Waals surface area contributed by atoms with Crippen molar-refractivity contribution in [2.75, 3.05) is 25.0 Å². The molecule has 0 aliphatic carbocycles. The fourth-order valence-corrected chi connectivity index (χ4v) is 3.67. The lowest BCUT2D eigenvalue weighted by Crippen LogP contribution is -2.31. The van der Waals surface area contributed by atoms with Crippen molar-refractivity contribution in [2.24, 2.45) is 16.5 Å². The SMILES string of the molecule is Cc1cc(F)c(CCCNC(=O)Nc2ncc(-c3ccc(CNCCCN=C(N)N)c(F)c3)c(=O)[nH]2)cc1F. The average Bonchev–Trinajstić information content (AvgIpc) is 2.87. The van der Waals surface area contributed by atoms with Gasteiger partial charge >= 0.3 is 6.03 Å². The van der Waals surface area contributed by atoms with Gasteiger partial charge in [0.1, 0.15) is 17.5 Å². The summed E-state index contributed by atoms with van der Waals surface area (Å²) in [6.45, 7) is 3.01. The number of H-pyrrole nitrogens is 1. The third-order valence-electron chi connectivity index (χ3n) is 5.75. The summed E-state index contributed by atoms with van der Waals surface area (Å²) < 4.78 is 42.1. The van der Waals surface area contributed by atoms with Gasteiger partial charge in [0.25, 0.3) is 5.56 Å². The molecule has 1 heterocycles. The molecule has 0 aliphatic heterocycles. The Kier molecular flexibility index (Phi) is 10.4. The fourth-order valence-electron chi connectivity index (χ4n) is 3.67. The second-order valence-corrected chi connectivity index (χ2v) is 8.79. The number of nitrogens with one attached hydrogen (secondary N) is 4. The standard InChI is InChI=1S/C26H31F3N8O2/c1-15-10-21(28)17(12-20(15)27)4-2-8-34-26(39)37-25-35-14-19(23(38)36-25)16-5-6-18(22(29)11-16)13-32-7-3-9-33-24(30)31/h5-6,10-12,14,32H,2-4,7-9,13H2,1H3,(H4,30,31,33)(H3,34,35,36,37,38,39). The number of nitrogens with zero attached hydrogens (tertiary/aromatic N) is 2. The van der Waals surface area contributed by atoms with E-state index in [2.05, 4.69) is 30.9 Å². The van der Waals surface area contributed by atoms with E-state index < -0.39 is 29.0 Å². The molecule has 0 saturated carbocycles. The van der Waals surface area contributed by atoms with Crippen LogP contribution in [0, 0.1) is 24.4 Å². The Hall–Kier alpha value is -4.39. The van der Waals surface area contributed by atoms with Crippen molar-refractivity contribution >= 4 is 17.9 Å². The summed E-state index contributed by atoms with van der Waals surface area (Å²) in [7, 11) is 0. The minimum absolute atomic E-state index is 0.0243. The van der Waals surface area contributed by atoms with Crippen LogP contribution < -0.4 is 33.0 Å². The third kappa shape index (κ3) is 8.85. The first-order chi connectivity index (χ1) is 18.6. The molecule has 13 heteroatoms. The molecule has 8 N–H and O–H groups in total. The highest BCUT2D eigenvalue weighted by Gasteiger charge is 2.11. The van der Waals surface area contributed by atoms with Crippen LogP contribution in [-0.4, -0.2) is 41.6 Å². The van der Waals surface area contributed by atoms with Gasteiger partial charge in [-0.2, -0.15) is 0 Å². The van der Waals surface area contributed by atoms with Crippen LogP contribution in [0.2, 0.25) is 0 Å². The molecule has 2 aromatic carbocycles. The minimum Gasteiger partial charge on any atom is -0.370 e. The lowest BCUT2D eigenvalue weighted by Gasteiger charge is -2.09. The number of anilines is 1. The van der Waals surface area contributed by atoms with E-state index >= 15 is 0 Å². The molecule has 0 fully saturated rings. The van der Waals surface area contributed by atoms with Gasteiger partial charge in [-0.25, -0.2) is 22.9 Å². The number of carbonyl (C=O) groups is 1. The van der Waals surface area contributed by atoms with Crippen molar-refractivity contribution in [1.82, 2.24) is 20.6 Å². The summed E-state index contributed by atoms with van der Waals surface area (Å²) in [4.78, 5) is 35.0. The maximum atomic E-state index is 14.6. The molecular formula is C26H31F3N8O2. The van der Waals surface area contributed by atoms with E-state index in [4.69, 9.17) is 11.5 Å². The Labute approximate surface area is 223 Å². The number of amides is 2. The second kappa shape index (κ2) is 14.0. The number of aliphatic imine (C=N–C) groups is 1. The molecule has 0 spiro atoms. The molecule has 0 aliphatic rings. The van der Waals surface area contributed by atoms with Crippen LogP contribution in [0.4, 0.5) is 23.9 Å². The van der Waals surface area contributed by atoms with Crippen LogP contribution in [0.25, 0.3) is 11.1 Å². The number of guanidine groups is 1. The molecule has 0 unspecified atom stereocenters. The summed E-state index contributed by atoms with van der Waals surface area (Å²) in [6.07, 6.45) is 2.52. The monoisotopic (exact) mass is 544 g/mol. The van der Waals surface area contributed by atoms with Gasteiger partial charge in [-0.05, 0) is 67.6 Å². The van der Waals surface area contributed by atoms with Crippen LogP contribution in [-0.2, 0) is 13.0 Å². The molecule has 3 aromatic rings. The third-order valence-corrected chi connectivity index (χ3v) is 5.75. The number of nitrogens with two attached hydrogens (primary N) is 2. The number of carbonyl (C=O) groups excluding carboxylic acids is 1. The molecule has 0 bridgehead atoms. The topological polar surface area (TPSA) is 163 Å². The Morgan fingerprint density at radius 1 is 1.03 bits per heavy atom. The predicted molar refractivity (Wildman–Crippen MR) is 144 cm³/mol.